The zero-order valence-electron chi connectivity index (χ0n) is 13.4. The lowest BCUT2D eigenvalue weighted by Gasteiger charge is -2.07. The third-order valence-electron chi connectivity index (χ3n) is 3.28. The van der Waals surface area contributed by atoms with E-state index < -0.39 is 11.9 Å². The summed E-state index contributed by atoms with van der Waals surface area (Å²) in [5, 5.41) is 22.8. The fourth-order valence-electron chi connectivity index (χ4n) is 2.10. The Bertz CT molecular complexity index is 845. The molecule has 0 aliphatic heterocycles. The predicted molar refractivity (Wildman–Crippen MR) is 87.0 cm³/mol. The SMILES string of the molecule is COCCNC(=O)/C(C#N)=C/c1ccc(-c2ccccc2C(=O)[O-])o1. The van der Waals surface area contributed by atoms with E-state index in [0.717, 1.165) is 0 Å². The lowest BCUT2D eigenvalue weighted by molar-refractivity contribution is -0.254. The molecular weight excluding hydrogens is 324 g/mol. The van der Waals surface area contributed by atoms with Crippen molar-refractivity contribution in [3.63, 3.8) is 0 Å². The Morgan fingerprint density at radius 1 is 1.32 bits per heavy atom. The maximum absolute atomic E-state index is 11.9. The molecular formula is C18H15N2O5-. The van der Waals surface area contributed by atoms with Crippen LogP contribution in [0.3, 0.4) is 0 Å². The van der Waals surface area contributed by atoms with Crippen LogP contribution < -0.4 is 10.4 Å². The van der Waals surface area contributed by atoms with Crippen LogP contribution in [0.15, 0.2) is 46.4 Å². The number of carbonyl (C=O) groups excluding carboxylic acids is 2. The first-order valence-electron chi connectivity index (χ1n) is 7.36. The van der Waals surface area contributed by atoms with Crippen molar-refractivity contribution in [2.75, 3.05) is 20.3 Å². The molecule has 0 saturated heterocycles. The molecule has 7 nitrogen and oxygen atoms in total. The molecule has 0 radical (unpaired) electrons. The maximum Gasteiger partial charge on any atom is 0.262 e. The highest BCUT2D eigenvalue weighted by atomic mass is 16.5. The van der Waals surface area contributed by atoms with E-state index in [0.29, 0.717) is 17.9 Å². The molecule has 128 valence electrons. The van der Waals surface area contributed by atoms with E-state index in [-0.39, 0.29) is 23.4 Å². The monoisotopic (exact) mass is 339 g/mol. The van der Waals surface area contributed by atoms with Crippen molar-refractivity contribution in [1.82, 2.24) is 5.32 Å². The zero-order valence-corrected chi connectivity index (χ0v) is 13.4. The Kier molecular flexibility index (Phi) is 6.09. The minimum atomic E-state index is -1.32. The van der Waals surface area contributed by atoms with Gasteiger partial charge >= 0.3 is 0 Å². The normalized spacial score (nSPS) is 11.0. The highest BCUT2D eigenvalue weighted by Crippen LogP contribution is 2.26. The van der Waals surface area contributed by atoms with Crippen LogP contribution in [0.25, 0.3) is 17.4 Å². The van der Waals surface area contributed by atoms with Gasteiger partial charge in [0.15, 0.2) is 0 Å². The number of nitrogens with zero attached hydrogens (tertiary/aromatic N) is 1. The summed E-state index contributed by atoms with van der Waals surface area (Å²) >= 11 is 0. The van der Waals surface area contributed by atoms with Crippen molar-refractivity contribution < 1.29 is 23.8 Å². The molecule has 0 aliphatic carbocycles. The quantitative estimate of drug-likeness (QED) is 0.457. The second-order valence-electron chi connectivity index (χ2n) is 4.95. The molecule has 0 spiro atoms. The number of carboxylic acids is 1. The van der Waals surface area contributed by atoms with Gasteiger partial charge in [-0.2, -0.15) is 5.26 Å². The molecule has 1 heterocycles. The Morgan fingerprint density at radius 2 is 2.08 bits per heavy atom. The first-order chi connectivity index (χ1) is 12.1. The van der Waals surface area contributed by atoms with Gasteiger partial charge in [0.1, 0.15) is 23.2 Å². The summed E-state index contributed by atoms with van der Waals surface area (Å²) in [6.07, 6.45) is 1.28. The molecule has 1 aromatic heterocycles. The van der Waals surface area contributed by atoms with Crippen molar-refractivity contribution in [3.05, 3.63) is 53.3 Å². The number of methoxy groups -OCH3 is 1. The van der Waals surface area contributed by atoms with Crippen LogP contribution in [-0.4, -0.2) is 32.1 Å². The van der Waals surface area contributed by atoms with Crippen LogP contribution in [0.5, 0.6) is 0 Å². The Morgan fingerprint density at radius 3 is 2.76 bits per heavy atom. The first-order valence-corrected chi connectivity index (χ1v) is 7.36. The number of carbonyl (C=O) groups is 2. The number of amides is 1. The summed E-state index contributed by atoms with van der Waals surface area (Å²) in [4.78, 5) is 23.1. The topological polar surface area (TPSA) is 115 Å². The highest BCUT2D eigenvalue weighted by Gasteiger charge is 2.12. The van der Waals surface area contributed by atoms with E-state index in [2.05, 4.69) is 5.32 Å². The lowest BCUT2D eigenvalue weighted by atomic mass is 10.1. The van der Waals surface area contributed by atoms with E-state index in [9.17, 15) is 14.7 Å². The lowest BCUT2D eigenvalue weighted by Crippen LogP contribution is -2.27. The van der Waals surface area contributed by atoms with E-state index in [1.165, 1.54) is 19.3 Å². The molecule has 1 aromatic carbocycles. The molecule has 0 atom stereocenters. The molecule has 0 bridgehead atoms. The summed E-state index contributed by atoms with van der Waals surface area (Å²) in [7, 11) is 1.50. The van der Waals surface area contributed by atoms with Gasteiger partial charge in [0.05, 0.1) is 12.6 Å². The van der Waals surface area contributed by atoms with E-state index in [1.807, 2.05) is 0 Å². The molecule has 0 saturated carbocycles. The van der Waals surface area contributed by atoms with Gasteiger partial charge < -0.3 is 24.4 Å². The van der Waals surface area contributed by atoms with Gasteiger partial charge in [-0.3, -0.25) is 4.79 Å². The van der Waals surface area contributed by atoms with Crippen molar-refractivity contribution in [3.8, 4) is 17.4 Å². The fraction of sp³-hybridized carbons (Fsp3) is 0.167. The number of hydrogen-bond acceptors (Lipinski definition) is 6. The number of nitriles is 1. The van der Waals surface area contributed by atoms with Crippen molar-refractivity contribution in [2.45, 2.75) is 0 Å². The van der Waals surface area contributed by atoms with Crippen LogP contribution in [-0.2, 0) is 9.53 Å². The summed E-state index contributed by atoms with van der Waals surface area (Å²) < 4.78 is 10.4. The molecule has 25 heavy (non-hydrogen) atoms. The van der Waals surface area contributed by atoms with Crippen LogP contribution in [0.2, 0.25) is 0 Å². The molecule has 2 rings (SSSR count). The van der Waals surface area contributed by atoms with Gasteiger partial charge in [0.2, 0.25) is 0 Å². The number of rotatable bonds is 7. The van der Waals surface area contributed by atoms with Gasteiger partial charge in [0, 0.05) is 30.9 Å². The Balaban J connectivity index is 2.25. The van der Waals surface area contributed by atoms with Crippen molar-refractivity contribution in [1.29, 1.82) is 5.26 Å². The van der Waals surface area contributed by atoms with Gasteiger partial charge in [-0.25, -0.2) is 0 Å². The Labute approximate surface area is 144 Å². The number of aromatic carboxylic acids is 1. The van der Waals surface area contributed by atoms with Crippen molar-refractivity contribution in [2.24, 2.45) is 0 Å². The molecule has 0 aliphatic rings. The van der Waals surface area contributed by atoms with E-state index in [4.69, 9.17) is 14.4 Å². The molecule has 2 aromatic rings. The standard InChI is InChI=1S/C18H16N2O5/c1-24-9-8-20-17(21)12(11-19)10-13-6-7-16(25-13)14-4-2-3-5-15(14)18(22)23/h2-7,10H,8-9H2,1H3,(H,20,21)(H,22,23)/p-1/b12-10+. The van der Waals surface area contributed by atoms with E-state index >= 15 is 0 Å². The Hall–Kier alpha value is -3.37. The second-order valence-corrected chi connectivity index (χ2v) is 4.95. The van der Waals surface area contributed by atoms with Crippen LogP contribution in [0.4, 0.5) is 0 Å². The van der Waals surface area contributed by atoms with Gasteiger partial charge in [-0.05, 0) is 12.1 Å². The highest BCUT2D eigenvalue weighted by molar-refractivity contribution is 6.01. The number of hydrogen-bond donors (Lipinski definition) is 1. The number of carboxylic acid groups (broad SMARTS) is 1. The number of furan rings is 1. The zero-order chi connectivity index (χ0) is 18.2. The van der Waals surface area contributed by atoms with E-state index in [1.54, 1.807) is 36.4 Å². The minimum absolute atomic E-state index is 0.00908. The largest absolute Gasteiger partial charge is 0.545 e. The molecule has 7 heteroatoms. The van der Waals surface area contributed by atoms with Crippen LogP contribution >= 0.6 is 0 Å². The second kappa shape index (κ2) is 8.47. The van der Waals surface area contributed by atoms with Crippen LogP contribution in [0.1, 0.15) is 16.1 Å². The maximum atomic E-state index is 11.9. The van der Waals surface area contributed by atoms with Crippen LogP contribution in [0, 0.1) is 11.3 Å². The molecule has 1 amide bonds. The predicted octanol–water partition coefficient (Wildman–Crippen LogP) is 0.980. The molecule has 0 unspecified atom stereocenters. The van der Waals surface area contributed by atoms with Crippen molar-refractivity contribution >= 4 is 18.0 Å². The number of benzene rings is 1. The number of ether oxygens (including phenoxy) is 1. The molecule has 1 N–H and O–H groups in total. The first kappa shape index (κ1) is 18.0. The third kappa shape index (κ3) is 4.56. The smallest absolute Gasteiger partial charge is 0.262 e. The third-order valence-corrected chi connectivity index (χ3v) is 3.28. The summed E-state index contributed by atoms with van der Waals surface area (Å²) in [6, 6.07) is 11.1. The summed E-state index contributed by atoms with van der Waals surface area (Å²) in [5.74, 6) is -1.32. The average Bonchev–Trinajstić information content (AvgIpc) is 3.08. The van der Waals surface area contributed by atoms with Gasteiger partial charge in [0.25, 0.3) is 5.91 Å². The fourth-order valence-corrected chi connectivity index (χ4v) is 2.10. The number of nitrogens with one attached hydrogen (secondary N) is 1. The minimum Gasteiger partial charge on any atom is -0.545 e. The molecule has 0 fully saturated rings. The summed E-state index contributed by atoms with van der Waals surface area (Å²) in [6.45, 7) is 0.603. The van der Waals surface area contributed by atoms with Gasteiger partial charge in [-0.15, -0.1) is 0 Å². The summed E-state index contributed by atoms with van der Waals surface area (Å²) in [5.41, 5.74) is 0.209. The van der Waals surface area contributed by atoms with Gasteiger partial charge in [-0.1, -0.05) is 24.3 Å². The average molecular weight is 339 g/mol.